The molecule has 2 unspecified atom stereocenters. The third kappa shape index (κ3) is 5.06. The summed E-state index contributed by atoms with van der Waals surface area (Å²) in [6, 6.07) is 13.0. The van der Waals surface area contributed by atoms with Gasteiger partial charge in [-0.2, -0.15) is 0 Å². The van der Waals surface area contributed by atoms with E-state index >= 15 is 0 Å². The lowest BCUT2D eigenvalue weighted by Crippen LogP contribution is -2.42. The zero-order valence-electron chi connectivity index (χ0n) is 14.4. The van der Waals surface area contributed by atoms with Gasteiger partial charge in [-0.15, -0.1) is 0 Å². The van der Waals surface area contributed by atoms with Crippen molar-refractivity contribution in [2.24, 2.45) is 0 Å². The number of carbonyl (C=O) groups excluding carboxylic acids is 1. The summed E-state index contributed by atoms with van der Waals surface area (Å²) < 4.78 is 0. The third-order valence-corrected chi connectivity index (χ3v) is 3.70. The molecule has 2 rings (SSSR count). The molecule has 0 aliphatic heterocycles. The Morgan fingerprint density at radius 3 is 2.50 bits per heavy atom. The van der Waals surface area contributed by atoms with Gasteiger partial charge in [-0.05, 0) is 38.5 Å². The molecule has 0 spiro atoms. The molecule has 0 saturated carbocycles. The van der Waals surface area contributed by atoms with E-state index in [4.69, 9.17) is 0 Å². The zero-order chi connectivity index (χ0) is 17.5. The normalized spacial score (nSPS) is 13.4. The minimum Gasteiger partial charge on any atom is -0.391 e. The number of benzene rings is 1. The van der Waals surface area contributed by atoms with Crippen molar-refractivity contribution < 1.29 is 9.90 Å². The van der Waals surface area contributed by atoms with Crippen LogP contribution >= 0.6 is 0 Å². The highest BCUT2D eigenvalue weighted by molar-refractivity contribution is 5.98. The van der Waals surface area contributed by atoms with Crippen LogP contribution in [0.3, 0.4) is 0 Å². The highest BCUT2D eigenvalue weighted by Crippen LogP contribution is 2.13. The van der Waals surface area contributed by atoms with Crippen LogP contribution in [-0.4, -0.2) is 34.2 Å². The highest BCUT2D eigenvalue weighted by Gasteiger charge is 2.20. The Kier molecular flexibility index (Phi) is 6.32. The van der Waals surface area contributed by atoms with Crippen molar-refractivity contribution in [3.8, 4) is 0 Å². The number of rotatable bonds is 7. The first-order valence-electron chi connectivity index (χ1n) is 8.21. The molecule has 3 N–H and O–H groups in total. The second-order valence-corrected chi connectivity index (χ2v) is 6.22. The summed E-state index contributed by atoms with van der Waals surface area (Å²) in [6.45, 7) is 5.78. The second-order valence-electron chi connectivity index (χ2n) is 6.22. The van der Waals surface area contributed by atoms with Crippen LogP contribution in [0, 0.1) is 0 Å². The molecule has 0 saturated heterocycles. The van der Waals surface area contributed by atoms with E-state index in [2.05, 4.69) is 15.6 Å². The van der Waals surface area contributed by atoms with Gasteiger partial charge in [-0.3, -0.25) is 4.79 Å². The van der Waals surface area contributed by atoms with E-state index in [1.165, 1.54) is 0 Å². The second kappa shape index (κ2) is 8.45. The van der Waals surface area contributed by atoms with Crippen LogP contribution < -0.4 is 10.6 Å². The van der Waals surface area contributed by atoms with Gasteiger partial charge < -0.3 is 15.7 Å². The van der Waals surface area contributed by atoms with E-state index < -0.39 is 6.10 Å². The zero-order valence-corrected chi connectivity index (χ0v) is 14.4. The molecule has 2 aromatic rings. The highest BCUT2D eigenvalue weighted by atomic mass is 16.3. The fourth-order valence-electron chi connectivity index (χ4n) is 2.39. The summed E-state index contributed by atoms with van der Waals surface area (Å²) in [5.41, 5.74) is 1.51. The summed E-state index contributed by atoms with van der Waals surface area (Å²) >= 11 is 0. The topological polar surface area (TPSA) is 74.2 Å². The van der Waals surface area contributed by atoms with Crippen molar-refractivity contribution in [1.82, 2.24) is 10.3 Å². The van der Waals surface area contributed by atoms with E-state index in [9.17, 15) is 9.90 Å². The van der Waals surface area contributed by atoms with Crippen LogP contribution in [0.1, 0.15) is 36.7 Å². The number of nitrogens with zero attached hydrogens (tertiary/aromatic N) is 1. The van der Waals surface area contributed by atoms with Gasteiger partial charge in [0.25, 0.3) is 5.91 Å². The number of nitrogens with one attached hydrogen (secondary N) is 2. The van der Waals surface area contributed by atoms with Gasteiger partial charge >= 0.3 is 0 Å². The Labute approximate surface area is 143 Å². The van der Waals surface area contributed by atoms with Crippen molar-refractivity contribution >= 4 is 11.7 Å². The van der Waals surface area contributed by atoms with Crippen molar-refractivity contribution in [3.05, 3.63) is 59.8 Å². The van der Waals surface area contributed by atoms with Crippen LogP contribution in [0.15, 0.2) is 48.7 Å². The smallest absolute Gasteiger partial charge is 0.255 e. The number of hydrogen-bond donors (Lipinski definition) is 3. The van der Waals surface area contributed by atoms with Gasteiger partial charge in [0, 0.05) is 18.7 Å². The Hall–Kier alpha value is -2.40. The lowest BCUT2D eigenvalue weighted by Gasteiger charge is -2.21. The first-order chi connectivity index (χ1) is 11.5. The third-order valence-electron chi connectivity index (χ3n) is 3.70. The van der Waals surface area contributed by atoms with E-state index in [-0.39, 0.29) is 18.0 Å². The molecule has 2 atom stereocenters. The van der Waals surface area contributed by atoms with Gasteiger partial charge in [-0.25, -0.2) is 4.98 Å². The molecule has 24 heavy (non-hydrogen) atoms. The van der Waals surface area contributed by atoms with Gasteiger partial charge in [0.05, 0.1) is 17.7 Å². The summed E-state index contributed by atoms with van der Waals surface area (Å²) in [5, 5.41) is 16.4. The van der Waals surface area contributed by atoms with Crippen LogP contribution in [0.5, 0.6) is 0 Å². The quantitative estimate of drug-likeness (QED) is 0.731. The SMILES string of the molecule is CC(C)Nc1ncccc1C(=O)NC(C)C(O)Cc1ccccc1. The molecule has 1 amide bonds. The first kappa shape index (κ1) is 17.9. The Balaban J connectivity index is 2.01. The van der Waals surface area contributed by atoms with Gasteiger partial charge in [0.2, 0.25) is 0 Å². The van der Waals surface area contributed by atoms with E-state index in [0.29, 0.717) is 17.8 Å². The lowest BCUT2D eigenvalue weighted by atomic mass is 10.0. The average Bonchev–Trinajstić information content (AvgIpc) is 2.55. The molecule has 0 fully saturated rings. The van der Waals surface area contributed by atoms with Crippen LogP contribution in [0.2, 0.25) is 0 Å². The molecule has 5 nitrogen and oxygen atoms in total. The molecular weight excluding hydrogens is 302 g/mol. The van der Waals surface area contributed by atoms with E-state index in [0.717, 1.165) is 5.56 Å². The number of aliphatic hydroxyl groups is 1. The maximum absolute atomic E-state index is 12.5. The van der Waals surface area contributed by atoms with Crippen LogP contribution in [0.25, 0.3) is 0 Å². The number of aliphatic hydroxyl groups excluding tert-OH is 1. The maximum atomic E-state index is 12.5. The van der Waals surface area contributed by atoms with E-state index in [1.54, 1.807) is 25.3 Å². The summed E-state index contributed by atoms with van der Waals surface area (Å²) in [7, 11) is 0. The Bertz CT molecular complexity index is 659. The predicted molar refractivity (Wildman–Crippen MR) is 96.1 cm³/mol. The molecule has 1 aromatic carbocycles. The minimum atomic E-state index is -0.658. The number of carbonyl (C=O) groups is 1. The Morgan fingerprint density at radius 2 is 1.83 bits per heavy atom. The predicted octanol–water partition coefficient (Wildman–Crippen LogP) is 2.62. The number of aromatic nitrogens is 1. The molecule has 0 aliphatic rings. The van der Waals surface area contributed by atoms with Gasteiger partial charge in [0.15, 0.2) is 0 Å². The first-order valence-corrected chi connectivity index (χ1v) is 8.21. The molecule has 128 valence electrons. The van der Waals surface area contributed by atoms with Crippen molar-refractivity contribution in [2.75, 3.05) is 5.32 Å². The summed E-state index contributed by atoms with van der Waals surface area (Å²) in [4.78, 5) is 16.7. The number of hydrogen-bond acceptors (Lipinski definition) is 4. The minimum absolute atomic E-state index is 0.174. The Morgan fingerprint density at radius 1 is 1.12 bits per heavy atom. The monoisotopic (exact) mass is 327 g/mol. The standard InChI is InChI=1S/C19H25N3O2/c1-13(2)21-18-16(10-7-11-20-18)19(24)22-14(3)17(23)12-15-8-5-4-6-9-15/h4-11,13-14,17,23H,12H2,1-3H3,(H,20,21)(H,22,24). The average molecular weight is 327 g/mol. The fraction of sp³-hybridized carbons (Fsp3) is 0.368. The van der Waals surface area contributed by atoms with Crippen molar-refractivity contribution in [1.29, 1.82) is 0 Å². The summed E-state index contributed by atoms with van der Waals surface area (Å²) in [6.07, 6.45) is 1.48. The molecule has 0 aliphatic carbocycles. The van der Waals surface area contributed by atoms with Crippen molar-refractivity contribution in [3.63, 3.8) is 0 Å². The fourth-order valence-corrected chi connectivity index (χ4v) is 2.39. The van der Waals surface area contributed by atoms with Gasteiger partial charge in [-0.1, -0.05) is 30.3 Å². The molecule has 5 heteroatoms. The number of amides is 1. The van der Waals surface area contributed by atoms with Crippen LogP contribution in [-0.2, 0) is 6.42 Å². The maximum Gasteiger partial charge on any atom is 0.255 e. The van der Waals surface area contributed by atoms with Gasteiger partial charge in [0.1, 0.15) is 5.82 Å². The van der Waals surface area contributed by atoms with Crippen molar-refractivity contribution in [2.45, 2.75) is 45.4 Å². The number of pyridine rings is 1. The number of anilines is 1. The molecular formula is C19H25N3O2. The van der Waals surface area contributed by atoms with Crippen LogP contribution in [0.4, 0.5) is 5.82 Å². The lowest BCUT2D eigenvalue weighted by molar-refractivity contribution is 0.0852. The molecule has 0 bridgehead atoms. The largest absolute Gasteiger partial charge is 0.391 e. The van der Waals surface area contributed by atoms with E-state index in [1.807, 2.05) is 44.2 Å². The summed E-state index contributed by atoms with van der Waals surface area (Å²) in [5.74, 6) is 0.306. The molecule has 1 aromatic heterocycles. The molecule has 1 heterocycles. The molecule has 0 radical (unpaired) electrons.